The zero-order valence-electron chi connectivity index (χ0n) is 18.4. The van der Waals surface area contributed by atoms with E-state index in [1.54, 1.807) is 0 Å². The minimum Gasteiger partial charge on any atom is -0.391 e. The lowest BCUT2D eigenvalue weighted by molar-refractivity contribution is -0.206. The number of nitrogens with zero attached hydrogens (tertiary/aromatic N) is 1. The molecule has 0 radical (unpaired) electrons. The fourth-order valence-corrected chi connectivity index (χ4v) is 8.22. The van der Waals surface area contributed by atoms with Crippen LogP contribution in [0, 0.1) is 34.5 Å². The summed E-state index contributed by atoms with van der Waals surface area (Å²) in [6.07, 6.45) is 8.51. The third-order valence-corrected chi connectivity index (χ3v) is 10.0. The third-order valence-electron chi connectivity index (χ3n) is 10.0. The molecule has 0 bridgehead atoms. The van der Waals surface area contributed by atoms with Crippen LogP contribution >= 0.6 is 0 Å². The molecule has 4 aliphatic carbocycles. The van der Waals surface area contributed by atoms with Gasteiger partial charge in [-0.2, -0.15) is 0 Å². The van der Waals surface area contributed by atoms with E-state index in [2.05, 4.69) is 31.2 Å². The van der Waals surface area contributed by atoms with Gasteiger partial charge in [0, 0.05) is 36.6 Å². The van der Waals surface area contributed by atoms with E-state index in [1.807, 2.05) is 0 Å². The number of rotatable bonds is 2. The van der Waals surface area contributed by atoms with Crippen molar-refractivity contribution in [3.8, 4) is 0 Å². The summed E-state index contributed by atoms with van der Waals surface area (Å²) < 4.78 is 0. The highest BCUT2D eigenvalue weighted by molar-refractivity contribution is 5.87. The maximum atomic E-state index is 12.7. The second-order valence-electron chi connectivity index (χ2n) is 11.4. The van der Waals surface area contributed by atoms with E-state index < -0.39 is 5.60 Å². The zero-order valence-corrected chi connectivity index (χ0v) is 18.4. The first-order valence-electron chi connectivity index (χ1n) is 11.9. The van der Waals surface area contributed by atoms with Crippen molar-refractivity contribution in [1.82, 2.24) is 5.32 Å². The van der Waals surface area contributed by atoms with Gasteiger partial charge in [0.2, 0.25) is 0 Å². The molecule has 8 atom stereocenters. The van der Waals surface area contributed by atoms with Crippen molar-refractivity contribution >= 4 is 11.5 Å². The van der Waals surface area contributed by atoms with Crippen LogP contribution in [-0.4, -0.2) is 41.4 Å². The average molecular weight is 403 g/mol. The van der Waals surface area contributed by atoms with Gasteiger partial charge in [0.05, 0.1) is 11.3 Å². The molecular weight excluding hydrogens is 364 g/mol. The lowest BCUT2D eigenvalue weighted by Crippen LogP contribution is -2.64. The number of oxime groups is 1. The highest BCUT2D eigenvalue weighted by atomic mass is 16.6. The summed E-state index contributed by atoms with van der Waals surface area (Å²) in [4.78, 5) is 18.5. The van der Waals surface area contributed by atoms with Crippen LogP contribution in [0.4, 0.5) is 0 Å². The largest absolute Gasteiger partial charge is 0.391 e. The van der Waals surface area contributed by atoms with Crippen LogP contribution in [0.2, 0.25) is 0 Å². The Hall–Kier alpha value is -0.940. The molecule has 162 valence electrons. The topological polar surface area (TPSA) is 70.9 Å². The number of nitrogens with one attached hydrogen (secondary N) is 1. The molecule has 0 amide bonds. The monoisotopic (exact) mass is 402 g/mol. The van der Waals surface area contributed by atoms with Gasteiger partial charge in [0.1, 0.15) is 11.9 Å². The zero-order chi connectivity index (χ0) is 20.4. The molecule has 1 heterocycles. The summed E-state index contributed by atoms with van der Waals surface area (Å²) in [6.45, 7) is 8.78. The molecule has 0 aromatic carbocycles. The summed E-state index contributed by atoms with van der Waals surface area (Å²) >= 11 is 0. The van der Waals surface area contributed by atoms with E-state index in [4.69, 9.17) is 4.84 Å². The fraction of sp³-hybridized carbons (Fsp3) is 0.917. The average Bonchev–Trinajstić information content (AvgIpc) is 3.30. The van der Waals surface area contributed by atoms with Crippen LogP contribution in [0.3, 0.4) is 0 Å². The first-order valence-corrected chi connectivity index (χ1v) is 11.9. The molecule has 0 spiro atoms. The number of Topliss-reactive ketones (excluding diaryl/α,β-unsaturated/α-hetero) is 1. The first kappa shape index (κ1) is 20.0. The normalized spacial score (nSPS) is 53.4. The van der Waals surface area contributed by atoms with Crippen molar-refractivity contribution in [2.45, 2.75) is 90.3 Å². The molecule has 5 rings (SSSR count). The van der Waals surface area contributed by atoms with E-state index in [0.29, 0.717) is 35.9 Å². The Balaban J connectivity index is 1.39. The molecule has 1 saturated heterocycles. The van der Waals surface area contributed by atoms with Gasteiger partial charge in [-0.05, 0) is 68.7 Å². The quantitative estimate of drug-likeness (QED) is 0.691. The van der Waals surface area contributed by atoms with Crippen LogP contribution in [0.15, 0.2) is 5.16 Å². The Morgan fingerprint density at radius 2 is 1.97 bits per heavy atom. The van der Waals surface area contributed by atoms with E-state index in [-0.39, 0.29) is 16.9 Å². The maximum Gasteiger partial charge on any atom is 0.141 e. The Morgan fingerprint density at radius 3 is 2.72 bits per heavy atom. The van der Waals surface area contributed by atoms with Crippen molar-refractivity contribution in [2.75, 3.05) is 13.1 Å². The van der Waals surface area contributed by atoms with Gasteiger partial charge in [-0.3, -0.25) is 4.79 Å². The van der Waals surface area contributed by atoms with Gasteiger partial charge >= 0.3 is 0 Å². The van der Waals surface area contributed by atoms with E-state index in [9.17, 15) is 9.90 Å². The van der Waals surface area contributed by atoms with Gasteiger partial charge < -0.3 is 15.3 Å². The van der Waals surface area contributed by atoms with Crippen molar-refractivity contribution in [1.29, 1.82) is 0 Å². The minimum absolute atomic E-state index is 0.0783. The number of fused-ring (bicyclic) bond motifs is 5. The SMILES string of the molecule is C[C@@H]1C[C@@]2(O)CC(=NO[C@H]3CCNC3)CC[C@]2(C)[C@H]2CC[C@]3(C)C(=O)CC[C@H]3[C@H]12. The highest BCUT2D eigenvalue weighted by Gasteiger charge is 2.66. The standard InChI is InChI=1S/C24H38N2O3/c1-15-12-24(28)13-16(26-29-17-8-11-25-14-17)6-10-23(24,3)19-7-9-22(2)18(21(15)19)4-5-20(22)27/h15,17-19,21,25,28H,4-14H2,1-3H3/t15-,17+,18+,19+,21+,22+,23-,24-/m1/s1. The van der Waals surface area contributed by atoms with Crippen LogP contribution in [-0.2, 0) is 9.63 Å². The first-order chi connectivity index (χ1) is 13.8. The fourth-order valence-electron chi connectivity index (χ4n) is 8.22. The number of carbonyl (C=O) groups excluding carboxylic acids is 1. The Bertz CT molecular complexity index is 717. The van der Waals surface area contributed by atoms with Crippen LogP contribution in [0.25, 0.3) is 0 Å². The molecular formula is C24H38N2O3. The van der Waals surface area contributed by atoms with Gasteiger partial charge in [0.15, 0.2) is 0 Å². The predicted octanol–water partition coefficient (Wildman–Crippen LogP) is 3.69. The summed E-state index contributed by atoms with van der Waals surface area (Å²) in [5.74, 6) is 2.55. The minimum atomic E-state index is -0.696. The van der Waals surface area contributed by atoms with Gasteiger partial charge in [-0.1, -0.05) is 25.9 Å². The molecule has 1 aliphatic heterocycles. The van der Waals surface area contributed by atoms with Crippen molar-refractivity contribution < 1.29 is 14.7 Å². The number of aliphatic hydroxyl groups is 1. The van der Waals surface area contributed by atoms with E-state index in [0.717, 1.165) is 70.2 Å². The molecule has 0 aromatic rings. The smallest absolute Gasteiger partial charge is 0.141 e. The third kappa shape index (κ3) is 2.86. The molecule has 5 aliphatic rings. The molecule has 2 N–H and O–H groups in total. The van der Waals surface area contributed by atoms with E-state index in [1.165, 1.54) is 0 Å². The van der Waals surface area contributed by atoms with Crippen LogP contribution in [0.5, 0.6) is 0 Å². The molecule has 0 aromatic heterocycles. The lowest BCUT2D eigenvalue weighted by Gasteiger charge is -2.64. The highest BCUT2D eigenvalue weighted by Crippen LogP contribution is 2.67. The van der Waals surface area contributed by atoms with Crippen molar-refractivity contribution in [3.05, 3.63) is 0 Å². The second-order valence-corrected chi connectivity index (χ2v) is 11.4. The predicted molar refractivity (Wildman–Crippen MR) is 113 cm³/mol. The van der Waals surface area contributed by atoms with Crippen LogP contribution < -0.4 is 5.32 Å². The summed E-state index contributed by atoms with van der Waals surface area (Å²) in [6, 6.07) is 0. The number of ketones is 1. The molecule has 29 heavy (non-hydrogen) atoms. The second kappa shape index (κ2) is 6.78. The van der Waals surface area contributed by atoms with Crippen LogP contribution in [0.1, 0.15) is 78.6 Å². The van der Waals surface area contributed by atoms with Crippen molar-refractivity contribution in [2.24, 2.45) is 39.7 Å². The maximum absolute atomic E-state index is 12.7. The van der Waals surface area contributed by atoms with Gasteiger partial charge in [-0.25, -0.2) is 0 Å². The number of hydrogen-bond donors (Lipinski definition) is 2. The molecule has 5 heteroatoms. The summed E-state index contributed by atoms with van der Waals surface area (Å²) in [5.41, 5.74) is 0.161. The molecule has 4 saturated carbocycles. The Kier molecular flexibility index (Phi) is 4.67. The molecule has 5 fully saturated rings. The summed E-state index contributed by atoms with van der Waals surface area (Å²) in [5, 5.41) is 19.8. The van der Waals surface area contributed by atoms with Gasteiger partial charge in [0.25, 0.3) is 0 Å². The summed E-state index contributed by atoms with van der Waals surface area (Å²) in [7, 11) is 0. The molecule has 5 nitrogen and oxygen atoms in total. The Morgan fingerprint density at radius 1 is 1.14 bits per heavy atom. The van der Waals surface area contributed by atoms with Crippen molar-refractivity contribution in [3.63, 3.8) is 0 Å². The molecule has 0 unspecified atom stereocenters. The lowest BCUT2D eigenvalue weighted by atomic mass is 9.41. The Labute approximate surface area is 175 Å². The number of hydrogen-bond acceptors (Lipinski definition) is 5. The number of carbonyl (C=O) groups is 1. The van der Waals surface area contributed by atoms with Gasteiger partial charge in [-0.15, -0.1) is 0 Å². The van der Waals surface area contributed by atoms with E-state index >= 15 is 0 Å².